The van der Waals surface area contributed by atoms with Gasteiger partial charge in [0.15, 0.2) is 0 Å². The van der Waals surface area contributed by atoms with E-state index >= 15 is 0 Å². The normalized spacial score (nSPS) is 28.6. The smallest absolute Gasteiger partial charge is 0.119 e. The molecule has 1 aromatic rings. The van der Waals surface area contributed by atoms with Gasteiger partial charge in [0, 0.05) is 12.1 Å². The van der Waals surface area contributed by atoms with E-state index in [2.05, 4.69) is 18.3 Å². The van der Waals surface area contributed by atoms with Crippen molar-refractivity contribution < 1.29 is 9.84 Å². The van der Waals surface area contributed by atoms with E-state index in [-0.39, 0.29) is 24.0 Å². The summed E-state index contributed by atoms with van der Waals surface area (Å²) in [5, 5.41) is 12.9. The van der Waals surface area contributed by atoms with Gasteiger partial charge in [-0.05, 0) is 31.0 Å². The number of methoxy groups -OCH3 is 1. The van der Waals surface area contributed by atoms with Gasteiger partial charge in [0.2, 0.25) is 0 Å². The van der Waals surface area contributed by atoms with Crippen LogP contribution < -0.4 is 10.1 Å². The molecule has 0 aliphatic carbocycles. The number of β-amino-alcohol motifs (C(OH)–C–C–N with tert-alkyl or cyclic N) is 1. The molecule has 1 aliphatic heterocycles. The van der Waals surface area contributed by atoms with Crippen molar-refractivity contribution in [2.75, 3.05) is 13.7 Å². The molecule has 2 atom stereocenters. The van der Waals surface area contributed by atoms with Crippen molar-refractivity contribution in [3.63, 3.8) is 0 Å². The van der Waals surface area contributed by atoms with Crippen LogP contribution in [0.3, 0.4) is 0 Å². The zero-order valence-corrected chi connectivity index (χ0v) is 10.4. The number of ether oxygens (including phenoxy) is 1. The van der Waals surface area contributed by atoms with Crippen LogP contribution in [0, 0.1) is 0 Å². The molecule has 4 heteroatoms. The largest absolute Gasteiger partial charge is 0.497 e. The zero-order valence-electron chi connectivity index (χ0n) is 9.56. The zero-order chi connectivity index (χ0) is 10.9. The van der Waals surface area contributed by atoms with Crippen molar-refractivity contribution in [1.82, 2.24) is 5.32 Å². The fourth-order valence-electron chi connectivity index (χ4n) is 2.14. The first-order chi connectivity index (χ1) is 7.14. The van der Waals surface area contributed by atoms with Crippen LogP contribution in [0.5, 0.6) is 5.75 Å². The Bertz CT molecular complexity index is 359. The maximum Gasteiger partial charge on any atom is 0.119 e. The molecular formula is C12H18ClNO2. The lowest BCUT2D eigenvalue weighted by atomic mass is 9.90. The lowest BCUT2D eigenvalue weighted by Gasteiger charge is -2.25. The fourth-order valence-corrected chi connectivity index (χ4v) is 2.14. The van der Waals surface area contributed by atoms with Gasteiger partial charge in [0.25, 0.3) is 0 Å². The molecule has 2 rings (SSSR count). The van der Waals surface area contributed by atoms with Gasteiger partial charge in [0.1, 0.15) is 5.75 Å². The number of nitrogens with one attached hydrogen (secondary N) is 1. The first-order valence-electron chi connectivity index (χ1n) is 5.22. The molecule has 90 valence electrons. The first kappa shape index (κ1) is 13.3. The lowest BCUT2D eigenvalue weighted by molar-refractivity contribution is 0.186. The van der Waals surface area contributed by atoms with E-state index in [1.165, 1.54) is 5.56 Å². The fraction of sp³-hybridized carbons (Fsp3) is 0.500. The summed E-state index contributed by atoms with van der Waals surface area (Å²) in [6, 6.07) is 7.99. The lowest BCUT2D eigenvalue weighted by Crippen LogP contribution is -2.32. The highest BCUT2D eigenvalue weighted by atomic mass is 35.5. The summed E-state index contributed by atoms with van der Waals surface area (Å²) in [4.78, 5) is 0. The molecule has 1 aliphatic rings. The first-order valence-corrected chi connectivity index (χ1v) is 5.22. The topological polar surface area (TPSA) is 41.5 Å². The second-order valence-corrected chi connectivity index (χ2v) is 4.30. The Balaban J connectivity index is 0.00000128. The minimum Gasteiger partial charge on any atom is -0.497 e. The molecular weight excluding hydrogens is 226 g/mol. The van der Waals surface area contributed by atoms with Gasteiger partial charge in [-0.1, -0.05) is 12.1 Å². The molecule has 2 N–H and O–H groups in total. The monoisotopic (exact) mass is 243 g/mol. The van der Waals surface area contributed by atoms with Crippen molar-refractivity contribution in [2.24, 2.45) is 0 Å². The molecule has 0 aromatic heterocycles. The van der Waals surface area contributed by atoms with Crippen LogP contribution in [0.2, 0.25) is 0 Å². The van der Waals surface area contributed by atoms with Crippen LogP contribution in [0.1, 0.15) is 18.9 Å². The Labute approximate surface area is 102 Å². The second-order valence-electron chi connectivity index (χ2n) is 4.30. The van der Waals surface area contributed by atoms with E-state index in [0.29, 0.717) is 6.54 Å². The van der Waals surface area contributed by atoms with Gasteiger partial charge in [0.05, 0.1) is 13.2 Å². The highest BCUT2D eigenvalue weighted by molar-refractivity contribution is 5.85. The molecule has 1 aromatic carbocycles. The Morgan fingerprint density at radius 2 is 2.25 bits per heavy atom. The SMILES string of the molecule is COc1cccc(C2(C)CC(O)CN2)c1.Cl. The molecule has 1 fully saturated rings. The van der Waals surface area contributed by atoms with Crippen LogP contribution in [0.25, 0.3) is 0 Å². The summed E-state index contributed by atoms with van der Waals surface area (Å²) >= 11 is 0. The number of benzene rings is 1. The van der Waals surface area contributed by atoms with Crippen LogP contribution in [0.4, 0.5) is 0 Å². The van der Waals surface area contributed by atoms with Crippen LogP contribution in [0.15, 0.2) is 24.3 Å². The van der Waals surface area contributed by atoms with Gasteiger partial charge >= 0.3 is 0 Å². The van der Waals surface area contributed by atoms with E-state index in [0.717, 1.165) is 12.2 Å². The molecule has 0 saturated carbocycles. The van der Waals surface area contributed by atoms with Crippen molar-refractivity contribution >= 4 is 12.4 Å². The van der Waals surface area contributed by atoms with Crippen LogP contribution in [-0.4, -0.2) is 24.9 Å². The Morgan fingerprint density at radius 3 is 2.81 bits per heavy atom. The number of hydrogen-bond donors (Lipinski definition) is 2. The second kappa shape index (κ2) is 5.04. The molecule has 2 unspecified atom stereocenters. The van der Waals surface area contributed by atoms with E-state index in [1.807, 2.05) is 18.2 Å². The van der Waals surface area contributed by atoms with Crippen molar-refractivity contribution in [2.45, 2.75) is 25.0 Å². The predicted octanol–water partition coefficient (Wildman–Crippen LogP) is 1.69. The molecule has 1 saturated heterocycles. The third-order valence-corrected chi connectivity index (χ3v) is 3.08. The average molecular weight is 244 g/mol. The quantitative estimate of drug-likeness (QED) is 0.831. The molecule has 3 nitrogen and oxygen atoms in total. The molecule has 0 spiro atoms. The highest BCUT2D eigenvalue weighted by Crippen LogP contribution is 2.32. The molecule has 0 amide bonds. The predicted molar refractivity (Wildman–Crippen MR) is 66.2 cm³/mol. The minimum atomic E-state index is -0.249. The van der Waals surface area contributed by atoms with Gasteiger partial charge < -0.3 is 15.2 Å². The van der Waals surface area contributed by atoms with Gasteiger partial charge in [-0.15, -0.1) is 12.4 Å². The van der Waals surface area contributed by atoms with Gasteiger partial charge in [-0.25, -0.2) is 0 Å². The summed E-state index contributed by atoms with van der Waals surface area (Å²) in [6.45, 7) is 2.77. The van der Waals surface area contributed by atoms with Gasteiger partial charge in [-0.2, -0.15) is 0 Å². The van der Waals surface area contributed by atoms with E-state index < -0.39 is 0 Å². The number of hydrogen-bond acceptors (Lipinski definition) is 3. The summed E-state index contributed by atoms with van der Waals surface area (Å²) in [5.41, 5.74) is 1.03. The summed E-state index contributed by atoms with van der Waals surface area (Å²) in [7, 11) is 1.67. The van der Waals surface area contributed by atoms with Crippen molar-refractivity contribution in [3.8, 4) is 5.75 Å². The van der Waals surface area contributed by atoms with E-state index in [4.69, 9.17) is 4.74 Å². The molecule has 16 heavy (non-hydrogen) atoms. The third kappa shape index (κ3) is 2.48. The van der Waals surface area contributed by atoms with Crippen molar-refractivity contribution in [3.05, 3.63) is 29.8 Å². The Kier molecular flexibility index (Phi) is 4.19. The number of aliphatic hydroxyl groups is 1. The number of aliphatic hydroxyl groups excluding tert-OH is 1. The highest BCUT2D eigenvalue weighted by Gasteiger charge is 2.35. The van der Waals surface area contributed by atoms with Crippen LogP contribution >= 0.6 is 12.4 Å². The Morgan fingerprint density at radius 1 is 1.50 bits per heavy atom. The standard InChI is InChI=1S/C12H17NO2.ClH/c1-12(7-10(14)8-13-12)9-4-3-5-11(6-9)15-2;/h3-6,10,13-14H,7-8H2,1-2H3;1H. The van der Waals surface area contributed by atoms with Crippen molar-refractivity contribution in [1.29, 1.82) is 0 Å². The van der Waals surface area contributed by atoms with E-state index in [1.54, 1.807) is 7.11 Å². The molecule has 0 bridgehead atoms. The summed E-state index contributed by atoms with van der Waals surface area (Å²) < 4.78 is 5.20. The minimum absolute atomic E-state index is 0. The van der Waals surface area contributed by atoms with E-state index in [9.17, 15) is 5.11 Å². The number of rotatable bonds is 2. The molecule has 0 radical (unpaired) electrons. The Hall–Kier alpha value is -0.770. The maximum absolute atomic E-state index is 9.56. The third-order valence-electron chi connectivity index (χ3n) is 3.08. The van der Waals surface area contributed by atoms with Crippen LogP contribution in [-0.2, 0) is 5.54 Å². The molecule has 1 heterocycles. The summed E-state index contributed by atoms with van der Waals surface area (Å²) in [6.07, 6.45) is 0.501. The summed E-state index contributed by atoms with van der Waals surface area (Å²) in [5.74, 6) is 0.858. The van der Waals surface area contributed by atoms with Gasteiger partial charge in [-0.3, -0.25) is 0 Å². The average Bonchev–Trinajstić information content (AvgIpc) is 2.60. The maximum atomic E-state index is 9.56. The number of halogens is 1.